The Balaban J connectivity index is 1.78. The molecular formula is C18H28FN3O2. The van der Waals surface area contributed by atoms with Crippen molar-refractivity contribution in [1.29, 1.82) is 0 Å². The van der Waals surface area contributed by atoms with Crippen LogP contribution in [0, 0.1) is 18.7 Å². The molecule has 0 amide bonds. The topological polar surface area (TPSA) is 46.1 Å². The number of likely N-dealkylation sites (tertiary alicyclic amines) is 1. The van der Waals surface area contributed by atoms with E-state index in [1.807, 2.05) is 6.07 Å². The number of nitrogens with one attached hydrogen (secondary N) is 1. The molecule has 1 N–H and O–H groups in total. The van der Waals surface area contributed by atoms with Crippen LogP contribution in [0.3, 0.4) is 0 Å². The molecule has 134 valence electrons. The van der Waals surface area contributed by atoms with Crippen LogP contribution in [0.1, 0.15) is 17.5 Å². The fourth-order valence-corrected chi connectivity index (χ4v) is 2.81. The molecule has 1 aliphatic rings. The third-order valence-electron chi connectivity index (χ3n) is 4.27. The van der Waals surface area contributed by atoms with Crippen LogP contribution in [0.2, 0.25) is 0 Å². The SMILES string of the molecule is CN=C(NCc1ccc(C)c(F)c1)N1CCC(COCCOC)C1. The number of aryl methyl sites for hydroxylation is 1. The summed E-state index contributed by atoms with van der Waals surface area (Å²) in [5, 5.41) is 3.32. The van der Waals surface area contributed by atoms with E-state index in [9.17, 15) is 4.39 Å². The summed E-state index contributed by atoms with van der Waals surface area (Å²) in [6.07, 6.45) is 1.09. The van der Waals surface area contributed by atoms with E-state index in [2.05, 4.69) is 15.2 Å². The maximum atomic E-state index is 13.6. The Labute approximate surface area is 143 Å². The lowest BCUT2D eigenvalue weighted by Crippen LogP contribution is -2.39. The van der Waals surface area contributed by atoms with Gasteiger partial charge < -0.3 is 19.7 Å². The van der Waals surface area contributed by atoms with Crippen molar-refractivity contribution in [3.8, 4) is 0 Å². The lowest BCUT2D eigenvalue weighted by atomic mass is 10.1. The Hall–Kier alpha value is -1.66. The molecule has 0 aromatic heterocycles. The van der Waals surface area contributed by atoms with Gasteiger partial charge in [-0.2, -0.15) is 0 Å². The summed E-state index contributed by atoms with van der Waals surface area (Å²) in [5.74, 6) is 1.20. The Morgan fingerprint density at radius 3 is 2.96 bits per heavy atom. The van der Waals surface area contributed by atoms with Crippen LogP contribution >= 0.6 is 0 Å². The molecule has 2 rings (SSSR count). The van der Waals surface area contributed by atoms with Crippen LogP contribution in [-0.2, 0) is 16.0 Å². The van der Waals surface area contributed by atoms with Crippen molar-refractivity contribution < 1.29 is 13.9 Å². The smallest absolute Gasteiger partial charge is 0.193 e. The van der Waals surface area contributed by atoms with Gasteiger partial charge in [0.1, 0.15) is 5.82 Å². The van der Waals surface area contributed by atoms with E-state index >= 15 is 0 Å². The van der Waals surface area contributed by atoms with Gasteiger partial charge in [-0.25, -0.2) is 4.39 Å². The fraction of sp³-hybridized carbons (Fsp3) is 0.611. The number of hydrogen-bond acceptors (Lipinski definition) is 3. The Bertz CT molecular complexity index is 551. The van der Waals surface area contributed by atoms with Crippen molar-refractivity contribution in [1.82, 2.24) is 10.2 Å². The summed E-state index contributed by atoms with van der Waals surface area (Å²) < 4.78 is 24.2. The molecule has 1 aliphatic heterocycles. The van der Waals surface area contributed by atoms with Gasteiger partial charge in [0.05, 0.1) is 19.8 Å². The predicted molar refractivity (Wildman–Crippen MR) is 93.7 cm³/mol. The van der Waals surface area contributed by atoms with Crippen molar-refractivity contribution in [2.24, 2.45) is 10.9 Å². The molecule has 1 heterocycles. The highest BCUT2D eigenvalue weighted by molar-refractivity contribution is 5.80. The average molecular weight is 337 g/mol. The number of nitrogens with zero attached hydrogens (tertiary/aromatic N) is 2. The number of halogens is 1. The first-order valence-electron chi connectivity index (χ1n) is 8.41. The third kappa shape index (κ3) is 5.46. The average Bonchev–Trinajstić information content (AvgIpc) is 3.04. The van der Waals surface area contributed by atoms with Crippen molar-refractivity contribution in [2.75, 3.05) is 47.1 Å². The molecule has 0 spiro atoms. The molecule has 1 aromatic rings. The van der Waals surface area contributed by atoms with Gasteiger partial charge in [-0.3, -0.25) is 4.99 Å². The minimum Gasteiger partial charge on any atom is -0.382 e. The highest BCUT2D eigenvalue weighted by atomic mass is 19.1. The summed E-state index contributed by atoms with van der Waals surface area (Å²) in [5.41, 5.74) is 1.58. The predicted octanol–water partition coefficient (Wildman–Crippen LogP) is 2.19. The van der Waals surface area contributed by atoms with Crippen LogP contribution < -0.4 is 5.32 Å². The van der Waals surface area contributed by atoms with Crippen LogP contribution in [-0.4, -0.2) is 57.9 Å². The normalized spacial score (nSPS) is 18.2. The molecular weight excluding hydrogens is 309 g/mol. The fourth-order valence-electron chi connectivity index (χ4n) is 2.81. The molecule has 0 saturated carbocycles. The number of aliphatic imine (C=N–C) groups is 1. The van der Waals surface area contributed by atoms with Crippen LogP contribution in [0.15, 0.2) is 23.2 Å². The molecule has 0 bridgehead atoms. The second-order valence-electron chi connectivity index (χ2n) is 6.15. The Morgan fingerprint density at radius 2 is 2.25 bits per heavy atom. The third-order valence-corrected chi connectivity index (χ3v) is 4.27. The molecule has 24 heavy (non-hydrogen) atoms. The van der Waals surface area contributed by atoms with Gasteiger partial charge in [-0.1, -0.05) is 12.1 Å². The van der Waals surface area contributed by atoms with E-state index in [4.69, 9.17) is 9.47 Å². The number of rotatable bonds is 7. The number of benzene rings is 1. The standard InChI is InChI=1S/C18H28FN3O2/c1-14-4-5-15(10-17(14)19)11-21-18(20-2)22-7-6-16(12-22)13-24-9-8-23-3/h4-5,10,16H,6-9,11-13H2,1-3H3,(H,20,21). The van der Waals surface area contributed by atoms with Gasteiger partial charge in [0.15, 0.2) is 5.96 Å². The number of methoxy groups -OCH3 is 1. The quantitative estimate of drug-likeness (QED) is 0.471. The van der Waals surface area contributed by atoms with E-state index in [0.717, 1.165) is 37.6 Å². The van der Waals surface area contributed by atoms with Crippen LogP contribution in [0.5, 0.6) is 0 Å². The molecule has 1 aromatic carbocycles. The van der Waals surface area contributed by atoms with E-state index in [-0.39, 0.29) is 5.82 Å². The maximum Gasteiger partial charge on any atom is 0.193 e. The zero-order valence-electron chi connectivity index (χ0n) is 14.8. The second kappa shape index (κ2) is 9.59. The molecule has 1 saturated heterocycles. The molecule has 0 radical (unpaired) electrons. The van der Waals surface area contributed by atoms with Gasteiger partial charge in [-0.05, 0) is 30.5 Å². The van der Waals surface area contributed by atoms with E-state index in [1.54, 1.807) is 33.2 Å². The van der Waals surface area contributed by atoms with Gasteiger partial charge in [0, 0.05) is 39.7 Å². The minimum atomic E-state index is -0.168. The number of hydrogen-bond donors (Lipinski definition) is 1. The van der Waals surface area contributed by atoms with Gasteiger partial charge in [0.2, 0.25) is 0 Å². The van der Waals surface area contributed by atoms with E-state index < -0.39 is 0 Å². The second-order valence-corrected chi connectivity index (χ2v) is 6.15. The Morgan fingerprint density at radius 1 is 1.42 bits per heavy atom. The summed E-state index contributed by atoms with van der Waals surface area (Å²) in [7, 11) is 3.46. The summed E-state index contributed by atoms with van der Waals surface area (Å²) in [6, 6.07) is 5.32. The first-order chi connectivity index (χ1) is 11.6. The van der Waals surface area contributed by atoms with Crippen LogP contribution in [0.4, 0.5) is 4.39 Å². The highest BCUT2D eigenvalue weighted by Gasteiger charge is 2.24. The summed E-state index contributed by atoms with van der Waals surface area (Å²) in [4.78, 5) is 6.58. The van der Waals surface area contributed by atoms with E-state index in [0.29, 0.717) is 31.2 Å². The summed E-state index contributed by atoms with van der Waals surface area (Å²) >= 11 is 0. The first-order valence-corrected chi connectivity index (χ1v) is 8.41. The number of ether oxygens (including phenoxy) is 2. The minimum absolute atomic E-state index is 0.168. The molecule has 0 aliphatic carbocycles. The molecule has 5 nitrogen and oxygen atoms in total. The zero-order chi connectivity index (χ0) is 17.4. The van der Waals surface area contributed by atoms with Gasteiger partial charge >= 0.3 is 0 Å². The Kier molecular flexibility index (Phi) is 7.46. The molecule has 6 heteroatoms. The van der Waals surface area contributed by atoms with Crippen molar-refractivity contribution in [2.45, 2.75) is 19.9 Å². The van der Waals surface area contributed by atoms with Crippen molar-refractivity contribution in [3.63, 3.8) is 0 Å². The first kappa shape index (κ1) is 18.7. The zero-order valence-corrected chi connectivity index (χ0v) is 14.8. The van der Waals surface area contributed by atoms with E-state index in [1.165, 1.54) is 0 Å². The highest BCUT2D eigenvalue weighted by Crippen LogP contribution is 2.17. The monoisotopic (exact) mass is 337 g/mol. The van der Waals surface area contributed by atoms with Crippen LogP contribution in [0.25, 0.3) is 0 Å². The lowest BCUT2D eigenvalue weighted by molar-refractivity contribution is 0.0536. The number of guanidine groups is 1. The lowest BCUT2D eigenvalue weighted by Gasteiger charge is -2.22. The van der Waals surface area contributed by atoms with Crippen molar-refractivity contribution >= 4 is 5.96 Å². The molecule has 1 unspecified atom stereocenters. The maximum absolute atomic E-state index is 13.6. The largest absolute Gasteiger partial charge is 0.382 e. The molecule has 1 atom stereocenters. The molecule has 1 fully saturated rings. The van der Waals surface area contributed by atoms with Gasteiger partial charge in [-0.15, -0.1) is 0 Å². The van der Waals surface area contributed by atoms with Crippen molar-refractivity contribution in [3.05, 3.63) is 35.1 Å². The summed E-state index contributed by atoms with van der Waals surface area (Å²) in [6.45, 7) is 6.24. The van der Waals surface area contributed by atoms with Gasteiger partial charge in [0.25, 0.3) is 0 Å².